The van der Waals surface area contributed by atoms with Gasteiger partial charge >= 0.3 is 0 Å². The van der Waals surface area contributed by atoms with Gasteiger partial charge in [-0.25, -0.2) is 4.98 Å². The van der Waals surface area contributed by atoms with E-state index in [1.54, 1.807) is 19.1 Å². The van der Waals surface area contributed by atoms with Crippen LogP contribution in [0.4, 0.5) is 5.82 Å². The van der Waals surface area contributed by atoms with Gasteiger partial charge < -0.3 is 10.2 Å². The number of aromatic nitrogens is 1. The Kier molecular flexibility index (Phi) is 4.52. The Morgan fingerprint density at radius 1 is 1.33 bits per heavy atom. The predicted octanol–water partition coefficient (Wildman–Crippen LogP) is 0.311. The maximum absolute atomic E-state index is 12.4. The maximum Gasteiger partial charge on any atom is 0.254 e. The van der Waals surface area contributed by atoms with Crippen molar-refractivity contribution in [1.29, 1.82) is 0 Å². The normalized spacial score (nSPS) is 14.9. The van der Waals surface area contributed by atoms with Gasteiger partial charge in [-0.1, -0.05) is 6.92 Å². The fourth-order valence-electron chi connectivity index (χ4n) is 2.10. The molecule has 0 unspecified atom stereocenters. The molecule has 1 aliphatic rings. The molecule has 0 aliphatic carbocycles. The van der Waals surface area contributed by atoms with Crippen LogP contribution in [0.15, 0.2) is 12.1 Å². The second-order valence-electron chi connectivity index (χ2n) is 4.94. The minimum atomic E-state index is -0.463. The number of amides is 3. The summed E-state index contributed by atoms with van der Waals surface area (Å²) in [4.78, 5) is 40.6. The Hall–Kier alpha value is -2.44. The van der Waals surface area contributed by atoms with E-state index in [1.807, 2.05) is 6.92 Å². The molecule has 2 N–H and O–H groups in total. The second-order valence-corrected chi connectivity index (χ2v) is 4.94. The summed E-state index contributed by atoms with van der Waals surface area (Å²) in [6.45, 7) is 4.37. The third-order valence-electron chi connectivity index (χ3n) is 2.99. The first-order chi connectivity index (χ1) is 9.99. The van der Waals surface area contributed by atoms with Crippen LogP contribution in [0.1, 0.15) is 29.4 Å². The van der Waals surface area contributed by atoms with E-state index in [4.69, 9.17) is 0 Å². The molecule has 7 heteroatoms. The van der Waals surface area contributed by atoms with Gasteiger partial charge in [0, 0.05) is 17.8 Å². The quantitative estimate of drug-likeness (QED) is 0.779. The standard InChI is InChI=1S/C14H18N4O3/c1-3-4-15-11-6-10(5-9(2)16-11)14(21)18-7-12(19)17-13(20)8-18/h5-6H,3-4,7-8H2,1-2H3,(H,15,16)(H,17,19,20). The highest BCUT2D eigenvalue weighted by atomic mass is 16.2. The summed E-state index contributed by atoms with van der Waals surface area (Å²) < 4.78 is 0. The Labute approximate surface area is 122 Å². The minimum absolute atomic E-state index is 0.107. The number of nitrogens with one attached hydrogen (secondary N) is 2. The van der Waals surface area contributed by atoms with Gasteiger partial charge in [0.25, 0.3) is 5.91 Å². The molecule has 1 aromatic heterocycles. The van der Waals surface area contributed by atoms with Crippen LogP contribution in [0.5, 0.6) is 0 Å². The van der Waals surface area contributed by atoms with Crippen LogP contribution in [-0.4, -0.2) is 47.2 Å². The van der Waals surface area contributed by atoms with Crippen LogP contribution < -0.4 is 10.6 Å². The highest BCUT2D eigenvalue weighted by Gasteiger charge is 2.27. The zero-order valence-electron chi connectivity index (χ0n) is 12.1. The molecule has 2 heterocycles. The van der Waals surface area contributed by atoms with Crippen molar-refractivity contribution in [2.24, 2.45) is 0 Å². The average Bonchev–Trinajstić information content (AvgIpc) is 2.42. The highest BCUT2D eigenvalue weighted by molar-refractivity contribution is 6.05. The van der Waals surface area contributed by atoms with Crippen LogP contribution in [0, 0.1) is 6.92 Å². The lowest BCUT2D eigenvalue weighted by atomic mass is 10.2. The number of pyridine rings is 1. The van der Waals surface area contributed by atoms with Crippen molar-refractivity contribution in [3.8, 4) is 0 Å². The van der Waals surface area contributed by atoms with Crippen molar-refractivity contribution in [3.63, 3.8) is 0 Å². The molecule has 112 valence electrons. The lowest BCUT2D eigenvalue weighted by molar-refractivity contribution is -0.135. The molecule has 3 amide bonds. The Bertz CT molecular complexity index is 570. The lowest BCUT2D eigenvalue weighted by Crippen LogP contribution is -2.53. The molecule has 7 nitrogen and oxygen atoms in total. The number of carbonyl (C=O) groups is 3. The third-order valence-corrected chi connectivity index (χ3v) is 2.99. The molecule has 0 aromatic carbocycles. The van der Waals surface area contributed by atoms with Crippen LogP contribution in [0.3, 0.4) is 0 Å². The Morgan fingerprint density at radius 2 is 2.00 bits per heavy atom. The van der Waals surface area contributed by atoms with Gasteiger partial charge in [0.05, 0.1) is 0 Å². The number of aryl methyl sites for hydroxylation is 1. The Balaban J connectivity index is 2.20. The van der Waals surface area contributed by atoms with Gasteiger partial charge in [-0.3, -0.25) is 19.7 Å². The highest BCUT2D eigenvalue weighted by Crippen LogP contribution is 2.13. The zero-order valence-corrected chi connectivity index (χ0v) is 12.1. The van der Waals surface area contributed by atoms with E-state index >= 15 is 0 Å². The summed E-state index contributed by atoms with van der Waals surface area (Å²) in [7, 11) is 0. The van der Waals surface area contributed by atoms with Crippen LogP contribution in [-0.2, 0) is 9.59 Å². The maximum atomic E-state index is 12.4. The van der Waals surface area contributed by atoms with Crippen LogP contribution >= 0.6 is 0 Å². The van der Waals surface area contributed by atoms with Crippen LogP contribution in [0.25, 0.3) is 0 Å². The molecular formula is C14H18N4O3. The molecular weight excluding hydrogens is 272 g/mol. The second kappa shape index (κ2) is 6.34. The van der Waals surface area contributed by atoms with Crippen molar-refractivity contribution in [3.05, 3.63) is 23.4 Å². The van der Waals surface area contributed by atoms with Gasteiger partial charge in [-0.2, -0.15) is 0 Å². The molecule has 0 radical (unpaired) electrons. The summed E-state index contributed by atoms with van der Waals surface area (Å²) >= 11 is 0. The summed E-state index contributed by atoms with van der Waals surface area (Å²) in [5.74, 6) is -0.652. The molecule has 1 aliphatic heterocycles. The van der Waals surface area contributed by atoms with Crippen molar-refractivity contribution in [1.82, 2.24) is 15.2 Å². The van der Waals surface area contributed by atoms with Crippen molar-refractivity contribution in [2.75, 3.05) is 25.0 Å². The smallest absolute Gasteiger partial charge is 0.254 e. The fourth-order valence-corrected chi connectivity index (χ4v) is 2.10. The first-order valence-corrected chi connectivity index (χ1v) is 6.84. The lowest BCUT2D eigenvalue weighted by Gasteiger charge is -2.25. The molecule has 1 aromatic rings. The number of piperazine rings is 1. The number of carbonyl (C=O) groups excluding carboxylic acids is 3. The van der Waals surface area contributed by atoms with E-state index in [1.165, 1.54) is 4.90 Å². The average molecular weight is 290 g/mol. The number of hydrogen-bond donors (Lipinski definition) is 2. The SMILES string of the molecule is CCCNc1cc(C(=O)N2CC(=O)NC(=O)C2)cc(C)n1. The predicted molar refractivity (Wildman–Crippen MR) is 76.8 cm³/mol. The largest absolute Gasteiger partial charge is 0.370 e. The van der Waals surface area contributed by atoms with Gasteiger partial charge in [0.1, 0.15) is 18.9 Å². The first-order valence-electron chi connectivity index (χ1n) is 6.84. The number of nitrogens with zero attached hydrogens (tertiary/aromatic N) is 2. The molecule has 0 atom stereocenters. The van der Waals surface area contributed by atoms with Crippen molar-refractivity contribution in [2.45, 2.75) is 20.3 Å². The van der Waals surface area contributed by atoms with Crippen LogP contribution in [0.2, 0.25) is 0 Å². The monoisotopic (exact) mass is 290 g/mol. The van der Waals surface area contributed by atoms with E-state index in [0.717, 1.165) is 13.0 Å². The number of anilines is 1. The molecule has 1 saturated heterocycles. The minimum Gasteiger partial charge on any atom is -0.370 e. The summed E-state index contributed by atoms with van der Waals surface area (Å²) in [5, 5.41) is 5.29. The molecule has 1 fully saturated rings. The van der Waals surface area contributed by atoms with E-state index in [0.29, 0.717) is 17.1 Å². The summed E-state index contributed by atoms with van der Waals surface area (Å²) in [6, 6.07) is 3.29. The van der Waals surface area contributed by atoms with Gasteiger partial charge in [-0.15, -0.1) is 0 Å². The van der Waals surface area contributed by atoms with E-state index in [9.17, 15) is 14.4 Å². The number of rotatable bonds is 4. The first kappa shape index (κ1) is 15.0. The molecule has 21 heavy (non-hydrogen) atoms. The van der Waals surface area contributed by atoms with Crippen molar-refractivity contribution < 1.29 is 14.4 Å². The molecule has 0 bridgehead atoms. The molecule has 0 saturated carbocycles. The molecule has 2 rings (SSSR count). The van der Waals surface area contributed by atoms with E-state index in [2.05, 4.69) is 15.6 Å². The summed E-state index contributed by atoms with van der Waals surface area (Å²) in [5.41, 5.74) is 1.12. The van der Waals surface area contributed by atoms with E-state index < -0.39 is 11.8 Å². The fraction of sp³-hybridized carbons (Fsp3) is 0.429. The summed E-state index contributed by atoms with van der Waals surface area (Å²) in [6.07, 6.45) is 0.944. The Morgan fingerprint density at radius 3 is 2.62 bits per heavy atom. The van der Waals surface area contributed by atoms with Gasteiger partial charge in [0.15, 0.2) is 0 Å². The zero-order chi connectivity index (χ0) is 15.4. The van der Waals surface area contributed by atoms with Crippen molar-refractivity contribution >= 4 is 23.5 Å². The number of imide groups is 1. The number of hydrogen-bond acceptors (Lipinski definition) is 5. The van der Waals surface area contributed by atoms with E-state index in [-0.39, 0.29) is 19.0 Å². The topological polar surface area (TPSA) is 91.4 Å². The van der Waals surface area contributed by atoms with Gasteiger partial charge in [0.2, 0.25) is 11.8 Å². The third kappa shape index (κ3) is 3.77. The van der Waals surface area contributed by atoms with Gasteiger partial charge in [-0.05, 0) is 25.5 Å². The molecule has 0 spiro atoms.